The van der Waals surface area contributed by atoms with Crippen LogP contribution in [0.1, 0.15) is 12.5 Å². The topological polar surface area (TPSA) is 46.6 Å². The number of benzene rings is 1. The summed E-state index contributed by atoms with van der Waals surface area (Å²) in [5.41, 5.74) is 1.07. The number of amides is 2. The number of hydrogen-bond donors (Lipinski definition) is 0. The van der Waals surface area contributed by atoms with Gasteiger partial charge in [-0.3, -0.25) is 9.59 Å². The number of nitrogens with zero attached hydrogens (tertiary/aromatic N) is 1. The maximum absolute atomic E-state index is 12.7. The van der Waals surface area contributed by atoms with E-state index in [-0.39, 0.29) is 29.8 Å². The van der Waals surface area contributed by atoms with Crippen LogP contribution in [0, 0.1) is 18.8 Å². The summed E-state index contributed by atoms with van der Waals surface area (Å²) in [6.45, 7) is 3.84. The Hall–Kier alpha value is -1.94. The van der Waals surface area contributed by atoms with Gasteiger partial charge in [-0.25, -0.2) is 4.90 Å². The predicted molar refractivity (Wildman–Crippen MR) is 73.1 cm³/mol. The van der Waals surface area contributed by atoms with Crippen LogP contribution in [0.3, 0.4) is 0 Å². The molecule has 2 saturated heterocycles. The highest BCUT2D eigenvalue weighted by Gasteiger charge is 2.65. The van der Waals surface area contributed by atoms with Crippen molar-refractivity contribution in [3.05, 3.63) is 42.0 Å². The highest BCUT2D eigenvalue weighted by atomic mass is 16.5. The summed E-state index contributed by atoms with van der Waals surface area (Å²) in [5, 5.41) is 0. The molecule has 3 aliphatic rings. The number of hydrogen-bond acceptors (Lipinski definition) is 3. The molecule has 2 fully saturated rings. The first-order chi connectivity index (χ1) is 9.51. The zero-order chi connectivity index (χ0) is 14.1. The van der Waals surface area contributed by atoms with E-state index in [1.807, 2.05) is 50.3 Å². The summed E-state index contributed by atoms with van der Waals surface area (Å²) in [7, 11) is 0. The van der Waals surface area contributed by atoms with Crippen LogP contribution in [-0.4, -0.2) is 23.5 Å². The van der Waals surface area contributed by atoms with Gasteiger partial charge in [0.05, 0.1) is 29.2 Å². The van der Waals surface area contributed by atoms with Crippen LogP contribution in [-0.2, 0) is 14.3 Å². The predicted octanol–water partition coefficient (Wildman–Crippen LogP) is 1.83. The maximum atomic E-state index is 12.7. The third kappa shape index (κ3) is 1.29. The van der Waals surface area contributed by atoms with Gasteiger partial charge in [-0.2, -0.15) is 0 Å². The van der Waals surface area contributed by atoms with E-state index in [0.717, 1.165) is 5.56 Å². The summed E-state index contributed by atoms with van der Waals surface area (Å²) in [4.78, 5) is 26.7. The van der Waals surface area contributed by atoms with Crippen molar-refractivity contribution in [2.75, 3.05) is 4.90 Å². The lowest BCUT2D eigenvalue weighted by atomic mass is 9.78. The summed E-state index contributed by atoms with van der Waals surface area (Å²) < 4.78 is 5.80. The van der Waals surface area contributed by atoms with Crippen molar-refractivity contribution in [3.8, 4) is 0 Å². The van der Waals surface area contributed by atoms with E-state index in [2.05, 4.69) is 0 Å². The minimum Gasteiger partial charge on any atom is -0.362 e. The second-order valence-corrected chi connectivity index (χ2v) is 5.98. The second kappa shape index (κ2) is 3.58. The van der Waals surface area contributed by atoms with Crippen LogP contribution in [0.15, 0.2) is 36.4 Å². The third-order valence-corrected chi connectivity index (χ3v) is 4.59. The number of ether oxygens (including phenoxy) is 1. The van der Waals surface area contributed by atoms with Crippen LogP contribution in [0.5, 0.6) is 0 Å². The molecule has 2 bridgehead atoms. The molecule has 2 amide bonds. The Labute approximate surface area is 117 Å². The minimum absolute atomic E-state index is 0.135. The van der Waals surface area contributed by atoms with Crippen molar-refractivity contribution in [1.82, 2.24) is 0 Å². The summed E-state index contributed by atoms with van der Waals surface area (Å²) >= 11 is 0. The fourth-order valence-corrected chi connectivity index (χ4v) is 3.67. The molecule has 0 unspecified atom stereocenters. The molecule has 4 rings (SSSR count). The van der Waals surface area contributed by atoms with Crippen molar-refractivity contribution in [1.29, 1.82) is 0 Å². The van der Waals surface area contributed by atoms with Gasteiger partial charge in [0, 0.05) is 0 Å². The molecule has 20 heavy (non-hydrogen) atoms. The average molecular weight is 269 g/mol. The molecule has 0 saturated carbocycles. The summed E-state index contributed by atoms with van der Waals surface area (Å²) in [6.07, 6.45) is 3.58. The molecule has 3 heterocycles. The molecule has 4 nitrogen and oxygen atoms in total. The van der Waals surface area contributed by atoms with Gasteiger partial charge in [0.15, 0.2) is 0 Å². The number of carbonyl (C=O) groups excluding carboxylic acids is 2. The highest BCUT2D eigenvalue weighted by Crippen LogP contribution is 2.52. The number of rotatable bonds is 1. The summed E-state index contributed by atoms with van der Waals surface area (Å²) in [6, 6.07) is 7.49. The Morgan fingerprint density at radius 3 is 2.75 bits per heavy atom. The molecule has 1 aromatic rings. The van der Waals surface area contributed by atoms with Crippen LogP contribution in [0.4, 0.5) is 5.69 Å². The average Bonchev–Trinajstić information content (AvgIpc) is 2.99. The van der Waals surface area contributed by atoms with Gasteiger partial charge in [-0.15, -0.1) is 0 Å². The maximum Gasteiger partial charge on any atom is 0.241 e. The Balaban J connectivity index is 1.79. The van der Waals surface area contributed by atoms with Gasteiger partial charge < -0.3 is 4.74 Å². The zero-order valence-corrected chi connectivity index (χ0v) is 11.4. The van der Waals surface area contributed by atoms with E-state index in [1.165, 1.54) is 4.90 Å². The van der Waals surface area contributed by atoms with E-state index in [0.29, 0.717) is 5.69 Å². The van der Waals surface area contributed by atoms with Crippen molar-refractivity contribution < 1.29 is 14.3 Å². The Kier molecular flexibility index (Phi) is 2.12. The van der Waals surface area contributed by atoms with Crippen molar-refractivity contribution in [2.45, 2.75) is 25.6 Å². The number of fused-ring (bicyclic) bond motifs is 5. The molecule has 3 aliphatic heterocycles. The van der Waals surface area contributed by atoms with Crippen molar-refractivity contribution >= 4 is 17.5 Å². The first-order valence-electron chi connectivity index (χ1n) is 6.83. The largest absolute Gasteiger partial charge is 0.362 e. The lowest BCUT2D eigenvalue weighted by molar-refractivity contribution is -0.126. The quantitative estimate of drug-likeness (QED) is 0.577. The normalized spacial score (nSPS) is 37.9. The number of anilines is 1. The molecule has 102 valence electrons. The van der Waals surface area contributed by atoms with E-state index in [9.17, 15) is 9.59 Å². The van der Waals surface area contributed by atoms with Gasteiger partial charge in [-0.1, -0.05) is 24.3 Å². The molecule has 0 N–H and O–H groups in total. The first-order valence-corrected chi connectivity index (χ1v) is 6.83. The van der Waals surface area contributed by atoms with Crippen molar-refractivity contribution in [3.63, 3.8) is 0 Å². The summed E-state index contributed by atoms with van der Waals surface area (Å²) in [5.74, 6) is -1.02. The highest BCUT2D eigenvalue weighted by molar-refractivity contribution is 6.23. The molecule has 4 heteroatoms. The number of imide groups is 1. The van der Waals surface area contributed by atoms with Gasteiger partial charge in [0.1, 0.15) is 0 Å². The van der Waals surface area contributed by atoms with Gasteiger partial charge in [0.25, 0.3) is 0 Å². The number of carbonyl (C=O) groups is 2. The smallest absolute Gasteiger partial charge is 0.241 e. The Morgan fingerprint density at radius 1 is 1.25 bits per heavy atom. The van der Waals surface area contributed by atoms with Crippen LogP contribution >= 0.6 is 0 Å². The second-order valence-electron chi connectivity index (χ2n) is 5.98. The lowest BCUT2D eigenvalue weighted by Crippen LogP contribution is -2.38. The van der Waals surface area contributed by atoms with Crippen LogP contribution in [0.25, 0.3) is 0 Å². The van der Waals surface area contributed by atoms with Crippen LogP contribution in [0.2, 0.25) is 0 Å². The lowest BCUT2D eigenvalue weighted by Gasteiger charge is -2.24. The molecule has 0 spiro atoms. The molecule has 0 aromatic heterocycles. The minimum atomic E-state index is -0.624. The Bertz CT molecular complexity index is 665. The molecular weight excluding hydrogens is 254 g/mol. The van der Waals surface area contributed by atoms with Gasteiger partial charge in [-0.05, 0) is 31.5 Å². The fraction of sp³-hybridized carbons (Fsp3) is 0.375. The molecule has 0 aliphatic carbocycles. The fourth-order valence-electron chi connectivity index (χ4n) is 3.67. The van der Waals surface area contributed by atoms with Crippen LogP contribution < -0.4 is 4.90 Å². The molecular formula is C16H15NO3. The molecule has 1 aromatic carbocycles. The van der Waals surface area contributed by atoms with E-state index in [1.54, 1.807) is 0 Å². The van der Waals surface area contributed by atoms with E-state index in [4.69, 9.17) is 4.74 Å². The SMILES string of the molecule is Cc1cccc(N2C(=O)[C@H]3[C@@H]4C=C[C@](C)(O4)[C@@H]3C2=O)c1. The Morgan fingerprint density at radius 2 is 2.05 bits per heavy atom. The number of aryl methyl sites for hydroxylation is 1. The molecule has 0 radical (unpaired) electrons. The standard InChI is InChI=1S/C16H15NO3/c1-9-4-3-5-10(8-9)17-14(18)12-11-6-7-16(2,20-11)13(12)15(17)19/h3-8,11-13H,1-2H3/t11-,12-,13-,16-/m0/s1. The van der Waals surface area contributed by atoms with Crippen molar-refractivity contribution in [2.24, 2.45) is 11.8 Å². The van der Waals surface area contributed by atoms with E-state index >= 15 is 0 Å². The third-order valence-electron chi connectivity index (χ3n) is 4.59. The van der Waals surface area contributed by atoms with E-state index < -0.39 is 5.60 Å². The van der Waals surface area contributed by atoms with Gasteiger partial charge >= 0.3 is 0 Å². The monoisotopic (exact) mass is 269 g/mol. The van der Waals surface area contributed by atoms with Gasteiger partial charge in [0.2, 0.25) is 11.8 Å². The zero-order valence-electron chi connectivity index (χ0n) is 11.4. The first kappa shape index (κ1) is 11.9. The molecule has 4 atom stereocenters.